The van der Waals surface area contributed by atoms with Crippen molar-refractivity contribution in [3.05, 3.63) is 0 Å². The summed E-state index contributed by atoms with van der Waals surface area (Å²) >= 11 is 1.37. The molecule has 0 amide bonds. The number of nitrogens with two attached hydrogens (primary N) is 1. The Kier molecular flexibility index (Phi) is 4.13. The Hall–Kier alpha value is -0.840. The van der Waals surface area contributed by atoms with Crippen LogP contribution in [0, 0.1) is 5.92 Å². The predicted octanol–water partition coefficient (Wildman–Crippen LogP) is 1.99. The van der Waals surface area contributed by atoms with Gasteiger partial charge in [-0.1, -0.05) is 20.3 Å². The van der Waals surface area contributed by atoms with Crippen molar-refractivity contribution in [2.75, 3.05) is 23.7 Å². The van der Waals surface area contributed by atoms with E-state index in [-0.39, 0.29) is 0 Å². The van der Waals surface area contributed by atoms with E-state index in [4.69, 9.17) is 5.73 Å². The van der Waals surface area contributed by atoms with E-state index >= 15 is 0 Å². The van der Waals surface area contributed by atoms with Crippen LogP contribution in [0.1, 0.15) is 27.2 Å². The van der Waals surface area contributed by atoms with E-state index < -0.39 is 0 Å². The summed E-state index contributed by atoms with van der Waals surface area (Å²) in [6.07, 6.45) is 1.19. The van der Waals surface area contributed by atoms with Crippen LogP contribution in [0.25, 0.3) is 0 Å². The summed E-state index contributed by atoms with van der Waals surface area (Å²) in [5.41, 5.74) is 5.50. The van der Waals surface area contributed by atoms with Crippen LogP contribution in [0.15, 0.2) is 0 Å². The number of hydrogen-bond donors (Lipinski definition) is 1. The molecule has 4 nitrogen and oxygen atoms in total. The predicted molar refractivity (Wildman–Crippen MR) is 61.7 cm³/mol. The highest BCUT2D eigenvalue weighted by molar-refractivity contribution is 7.09. The molecule has 1 unspecified atom stereocenters. The molecule has 1 heterocycles. The van der Waals surface area contributed by atoms with E-state index in [1.54, 1.807) is 0 Å². The first-order chi connectivity index (χ1) is 6.67. The van der Waals surface area contributed by atoms with Gasteiger partial charge in [0.15, 0.2) is 0 Å². The third-order valence-corrected chi connectivity index (χ3v) is 3.10. The average Bonchev–Trinajstić information content (AvgIpc) is 2.60. The first kappa shape index (κ1) is 11.2. The monoisotopic (exact) mass is 214 g/mol. The molecule has 5 heteroatoms. The number of rotatable bonds is 5. The van der Waals surface area contributed by atoms with Gasteiger partial charge in [-0.2, -0.15) is 9.36 Å². The summed E-state index contributed by atoms with van der Waals surface area (Å²) in [5, 5.41) is 0.935. The molecule has 0 spiro atoms. The van der Waals surface area contributed by atoms with Crippen molar-refractivity contribution >= 4 is 22.6 Å². The van der Waals surface area contributed by atoms with Crippen LogP contribution in [0.5, 0.6) is 0 Å². The van der Waals surface area contributed by atoms with Crippen LogP contribution in [-0.4, -0.2) is 22.4 Å². The molecule has 1 aromatic rings. The minimum atomic E-state index is 0.382. The van der Waals surface area contributed by atoms with Crippen molar-refractivity contribution in [2.24, 2.45) is 5.92 Å². The summed E-state index contributed by atoms with van der Waals surface area (Å²) in [7, 11) is 0. The molecule has 0 saturated carbocycles. The minimum absolute atomic E-state index is 0.382. The lowest BCUT2D eigenvalue weighted by Crippen LogP contribution is -2.27. The van der Waals surface area contributed by atoms with Crippen molar-refractivity contribution in [3.8, 4) is 0 Å². The second kappa shape index (κ2) is 5.14. The third kappa shape index (κ3) is 2.83. The Bertz CT molecular complexity index is 274. The molecule has 2 N–H and O–H groups in total. The molecule has 0 fully saturated rings. The zero-order valence-electron chi connectivity index (χ0n) is 9.03. The largest absolute Gasteiger partial charge is 0.367 e. The van der Waals surface area contributed by atoms with Crippen molar-refractivity contribution in [2.45, 2.75) is 27.2 Å². The van der Waals surface area contributed by atoms with Gasteiger partial charge in [0, 0.05) is 24.6 Å². The van der Waals surface area contributed by atoms with Gasteiger partial charge < -0.3 is 10.6 Å². The van der Waals surface area contributed by atoms with E-state index in [1.807, 2.05) is 0 Å². The van der Waals surface area contributed by atoms with Gasteiger partial charge in [-0.3, -0.25) is 0 Å². The quantitative estimate of drug-likeness (QED) is 0.814. The lowest BCUT2D eigenvalue weighted by molar-refractivity contribution is 0.547. The molecule has 1 rings (SSSR count). The Morgan fingerprint density at radius 2 is 2.21 bits per heavy atom. The Morgan fingerprint density at radius 3 is 2.64 bits per heavy atom. The van der Waals surface area contributed by atoms with Crippen LogP contribution in [0.3, 0.4) is 0 Å². The van der Waals surface area contributed by atoms with Gasteiger partial charge in [-0.25, -0.2) is 0 Å². The highest BCUT2D eigenvalue weighted by Crippen LogP contribution is 2.19. The van der Waals surface area contributed by atoms with Crippen molar-refractivity contribution in [1.82, 2.24) is 9.36 Å². The SMILES string of the molecule is CCC(C)CN(CC)c1nc(N)ns1. The Balaban J connectivity index is 2.62. The van der Waals surface area contributed by atoms with Crippen LogP contribution in [0.2, 0.25) is 0 Å². The van der Waals surface area contributed by atoms with Crippen molar-refractivity contribution < 1.29 is 0 Å². The highest BCUT2D eigenvalue weighted by Gasteiger charge is 2.11. The van der Waals surface area contributed by atoms with E-state index in [1.165, 1.54) is 18.0 Å². The summed E-state index contributed by atoms with van der Waals surface area (Å²) in [4.78, 5) is 6.40. The average molecular weight is 214 g/mol. The lowest BCUT2D eigenvalue weighted by Gasteiger charge is -2.22. The number of hydrogen-bond acceptors (Lipinski definition) is 5. The van der Waals surface area contributed by atoms with Crippen LogP contribution in [0.4, 0.5) is 11.1 Å². The molecular formula is C9H18N4S. The molecule has 0 bridgehead atoms. The standard InChI is InChI=1S/C9H18N4S/c1-4-7(3)6-13(5-2)9-11-8(10)12-14-9/h7H,4-6H2,1-3H3,(H2,10,12). The summed E-state index contributed by atoms with van der Waals surface area (Å²) < 4.78 is 3.99. The van der Waals surface area contributed by atoms with E-state index in [2.05, 4.69) is 35.0 Å². The molecule has 1 atom stereocenters. The zero-order valence-corrected chi connectivity index (χ0v) is 9.84. The minimum Gasteiger partial charge on any atom is -0.367 e. The maximum absolute atomic E-state index is 5.50. The second-order valence-electron chi connectivity index (χ2n) is 3.49. The molecule has 0 aliphatic rings. The van der Waals surface area contributed by atoms with Gasteiger partial charge in [0.1, 0.15) is 0 Å². The van der Waals surface area contributed by atoms with Gasteiger partial charge in [-0.15, -0.1) is 0 Å². The Labute approximate surface area is 89.3 Å². The molecule has 1 aromatic heterocycles. The fraction of sp³-hybridized carbons (Fsp3) is 0.778. The second-order valence-corrected chi connectivity index (χ2v) is 4.22. The van der Waals surface area contributed by atoms with Crippen LogP contribution >= 0.6 is 11.5 Å². The smallest absolute Gasteiger partial charge is 0.233 e. The molecule has 0 aromatic carbocycles. The zero-order chi connectivity index (χ0) is 10.6. The van der Waals surface area contributed by atoms with Crippen LogP contribution < -0.4 is 10.6 Å². The summed E-state index contributed by atoms with van der Waals surface area (Å²) in [6, 6.07) is 0. The topological polar surface area (TPSA) is 55.0 Å². The molecular weight excluding hydrogens is 196 g/mol. The number of anilines is 2. The van der Waals surface area contributed by atoms with Crippen LogP contribution in [-0.2, 0) is 0 Å². The fourth-order valence-electron chi connectivity index (χ4n) is 1.20. The van der Waals surface area contributed by atoms with E-state index in [0.29, 0.717) is 11.9 Å². The maximum Gasteiger partial charge on any atom is 0.233 e. The molecule has 0 aliphatic heterocycles. The molecule has 0 aliphatic carbocycles. The molecule has 14 heavy (non-hydrogen) atoms. The fourth-order valence-corrected chi connectivity index (χ4v) is 1.87. The van der Waals surface area contributed by atoms with Crippen molar-refractivity contribution in [1.29, 1.82) is 0 Å². The van der Waals surface area contributed by atoms with Gasteiger partial charge in [-0.05, 0) is 12.8 Å². The summed E-state index contributed by atoms with van der Waals surface area (Å²) in [6.45, 7) is 8.56. The van der Waals surface area contributed by atoms with Gasteiger partial charge in [0.2, 0.25) is 11.1 Å². The molecule has 0 saturated heterocycles. The number of nitrogen functional groups attached to an aromatic ring is 1. The van der Waals surface area contributed by atoms with Gasteiger partial charge >= 0.3 is 0 Å². The molecule has 0 radical (unpaired) electrons. The first-order valence-corrected chi connectivity index (χ1v) is 5.78. The highest BCUT2D eigenvalue weighted by atomic mass is 32.1. The first-order valence-electron chi connectivity index (χ1n) is 5.01. The van der Waals surface area contributed by atoms with Gasteiger partial charge in [0.25, 0.3) is 0 Å². The third-order valence-electron chi connectivity index (χ3n) is 2.31. The van der Waals surface area contributed by atoms with Crippen molar-refractivity contribution in [3.63, 3.8) is 0 Å². The maximum atomic E-state index is 5.50. The number of nitrogens with zero attached hydrogens (tertiary/aromatic N) is 3. The van der Waals surface area contributed by atoms with Gasteiger partial charge in [0.05, 0.1) is 0 Å². The Morgan fingerprint density at radius 1 is 1.50 bits per heavy atom. The van der Waals surface area contributed by atoms with E-state index in [0.717, 1.165) is 18.2 Å². The lowest BCUT2D eigenvalue weighted by atomic mass is 10.1. The molecule has 80 valence electrons. The van der Waals surface area contributed by atoms with E-state index in [9.17, 15) is 0 Å². The number of aromatic nitrogens is 2. The summed E-state index contributed by atoms with van der Waals surface area (Å²) in [5.74, 6) is 1.06. The normalized spacial score (nSPS) is 12.8.